The molecule has 148 valence electrons. The topological polar surface area (TPSA) is 30.0 Å². The first-order valence-electron chi connectivity index (χ1n) is 10.6. The van der Waals surface area contributed by atoms with Crippen LogP contribution in [0.4, 0.5) is 4.39 Å². The third-order valence-corrected chi connectivity index (χ3v) is 7.56. The van der Waals surface area contributed by atoms with Gasteiger partial charge in [0.1, 0.15) is 5.82 Å². The zero-order valence-electron chi connectivity index (χ0n) is 17.1. The number of hydrogen-bond acceptors (Lipinski definition) is 2. The van der Waals surface area contributed by atoms with Crippen molar-refractivity contribution in [1.82, 2.24) is 4.98 Å². The monoisotopic (exact) mass is 379 g/mol. The van der Waals surface area contributed by atoms with Crippen molar-refractivity contribution in [2.24, 2.45) is 35.0 Å². The molecule has 1 heterocycles. The van der Waals surface area contributed by atoms with E-state index in [1.807, 2.05) is 6.20 Å². The molecule has 6 unspecified atom stereocenters. The standard InChI is InChI=1S/C25H30FNO/c1-16-4-6-20(28)7-5-17(2)21-10-11-25(3)23(8-9-24(25)22(21)12-16)18-13-19(26)15-27-14-18/h4-8,13-17,21-22,24H,9-12H2,1-3H3. The Morgan fingerprint density at radius 3 is 2.71 bits per heavy atom. The minimum Gasteiger partial charge on any atom is -0.290 e. The third kappa shape index (κ3) is 3.40. The van der Waals surface area contributed by atoms with Crippen LogP contribution in [0.15, 0.2) is 48.8 Å². The molecular weight excluding hydrogens is 349 g/mol. The summed E-state index contributed by atoms with van der Waals surface area (Å²) in [7, 11) is 0. The molecule has 0 N–H and O–H groups in total. The number of hydrogen-bond donors (Lipinski definition) is 0. The van der Waals surface area contributed by atoms with Gasteiger partial charge in [-0.1, -0.05) is 39.0 Å². The number of ketones is 1. The lowest BCUT2D eigenvalue weighted by molar-refractivity contribution is -0.110. The van der Waals surface area contributed by atoms with Crippen LogP contribution >= 0.6 is 0 Å². The van der Waals surface area contributed by atoms with Gasteiger partial charge >= 0.3 is 0 Å². The van der Waals surface area contributed by atoms with Crippen LogP contribution in [0, 0.1) is 40.8 Å². The Morgan fingerprint density at radius 2 is 1.93 bits per heavy atom. The maximum absolute atomic E-state index is 13.8. The summed E-state index contributed by atoms with van der Waals surface area (Å²) in [6.45, 7) is 6.86. The molecule has 3 heteroatoms. The Bertz CT molecular complexity index is 854. The van der Waals surface area contributed by atoms with E-state index < -0.39 is 0 Å². The van der Waals surface area contributed by atoms with Crippen LogP contribution in [0.3, 0.4) is 0 Å². The van der Waals surface area contributed by atoms with Crippen molar-refractivity contribution in [1.29, 1.82) is 0 Å². The SMILES string of the molecule is CC1C=CC(=O)C=CC(C)C2CCC3(C)C(c4cncc(F)c4)=CCC3C2C1. The molecule has 0 amide bonds. The molecule has 2 nitrogen and oxygen atoms in total. The lowest BCUT2D eigenvalue weighted by atomic mass is 9.54. The second-order valence-corrected chi connectivity index (χ2v) is 9.33. The van der Waals surface area contributed by atoms with Crippen LogP contribution in [-0.2, 0) is 4.79 Å². The van der Waals surface area contributed by atoms with Crippen molar-refractivity contribution >= 4 is 11.4 Å². The zero-order chi connectivity index (χ0) is 19.9. The predicted molar refractivity (Wildman–Crippen MR) is 111 cm³/mol. The van der Waals surface area contributed by atoms with E-state index in [4.69, 9.17) is 0 Å². The van der Waals surface area contributed by atoms with Gasteiger partial charge in [0.05, 0.1) is 6.20 Å². The van der Waals surface area contributed by atoms with Gasteiger partial charge in [-0.05, 0) is 90.0 Å². The van der Waals surface area contributed by atoms with Crippen molar-refractivity contribution in [3.8, 4) is 0 Å². The average Bonchev–Trinajstić information content (AvgIpc) is 3.01. The van der Waals surface area contributed by atoms with Crippen molar-refractivity contribution in [2.45, 2.75) is 46.5 Å². The van der Waals surface area contributed by atoms with Gasteiger partial charge in [-0.25, -0.2) is 4.39 Å². The number of carbonyl (C=O) groups is 1. The average molecular weight is 380 g/mol. The van der Waals surface area contributed by atoms with E-state index >= 15 is 0 Å². The maximum atomic E-state index is 13.8. The van der Waals surface area contributed by atoms with E-state index in [9.17, 15) is 9.18 Å². The highest BCUT2D eigenvalue weighted by Crippen LogP contribution is 2.61. The lowest BCUT2D eigenvalue weighted by Crippen LogP contribution is -2.42. The quantitative estimate of drug-likeness (QED) is 0.598. The summed E-state index contributed by atoms with van der Waals surface area (Å²) in [5.74, 6) is 2.37. The summed E-state index contributed by atoms with van der Waals surface area (Å²) in [6.07, 6.45) is 17.5. The van der Waals surface area contributed by atoms with Gasteiger partial charge in [0.2, 0.25) is 0 Å². The van der Waals surface area contributed by atoms with Gasteiger partial charge in [-0.15, -0.1) is 0 Å². The molecule has 0 saturated heterocycles. The highest BCUT2D eigenvalue weighted by Gasteiger charge is 2.51. The molecule has 1 fully saturated rings. The van der Waals surface area contributed by atoms with Crippen molar-refractivity contribution in [3.05, 3.63) is 60.2 Å². The number of aromatic nitrogens is 1. The molecule has 4 rings (SSSR count). The Labute approximate surface area is 167 Å². The van der Waals surface area contributed by atoms with Crippen LogP contribution in [0.5, 0.6) is 0 Å². The second kappa shape index (κ2) is 7.42. The summed E-state index contributed by atoms with van der Waals surface area (Å²) in [5, 5.41) is 0. The number of nitrogens with zero attached hydrogens (tertiary/aromatic N) is 1. The summed E-state index contributed by atoms with van der Waals surface area (Å²) in [6, 6.07) is 1.63. The van der Waals surface area contributed by atoms with Gasteiger partial charge in [-0.3, -0.25) is 9.78 Å². The van der Waals surface area contributed by atoms with E-state index in [2.05, 4.69) is 44.0 Å². The first-order chi connectivity index (χ1) is 13.4. The number of fused-ring (bicyclic) bond motifs is 3. The molecule has 0 radical (unpaired) electrons. The van der Waals surface area contributed by atoms with Crippen LogP contribution in [0.1, 0.15) is 52.0 Å². The van der Waals surface area contributed by atoms with Gasteiger partial charge < -0.3 is 0 Å². The Hall–Kier alpha value is -2.03. The Kier molecular flexibility index (Phi) is 5.11. The van der Waals surface area contributed by atoms with Crippen molar-refractivity contribution < 1.29 is 9.18 Å². The molecule has 3 aliphatic rings. The number of halogens is 1. The van der Waals surface area contributed by atoms with E-state index in [0.717, 1.165) is 31.2 Å². The van der Waals surface area contributed by atoms with Gasteiger partial charge in [0.15, 0.2) is 5.78 Å². The van der Waals surface area contributed by atoms with Gasteiger partial charge in [-0.2, -0.15) is 0 Å². The number of rotatable bonds is 1. The smallest absolute Gasteiger partial charge is 0.178 e. The van der Waals surface area contributed by atoms with E-state index in [1.54, 1.807) is 18.2 Å². The number of pyridine rings is 1. The molecule has 1 aromatic rings. The van der Waals surface area contributed by atoms with E-state index in [1.165, 1.54) is 11.8 Å². The second-order valence-electron chi connectivity index (χ2n) is 9.33. The largest absolute Gasteiger partial charge is 0.290 e. The van der Waals surface area contributed by atoms with Crippen LogP contribution in [0.2, 0.25) is 0 Å². The lowest BCUT2D eigenvalue weighted by Gasteiger charge is -2.50. The molecular formula is C25H30FNO. The molecule has 0 aromatic carbocycles. The molecule has 0 bridgehead atoms. The molecule has 6 atom stereocenters. The molecule has 28 heavy (non-hydrogen) atoms. The van der Waals surface area contributed by atoms with E-state index in [0.29, 0.717) is 29.6 Å². The minimum atomic E-state index is -0.264. The van der Waals surface area contributed by atoms with Crippen molar-refractivity contribution in [2.75, 3.05) is 0 Å². The molecule has 1 aromatic heterocycles. The molecule has 0 spiro atoms. The maximum Gasteiger partial charge on any atom is 0.178 e. The summed E-state index contributed by atoms with van der Waals surface area (Å²) < 4.78 is 13.8. The van der Waals surface area contributed by atoms with E-state index in [-0.39, 0.29) is 17.0 Å². The van der Waals surface area contributed by atoms with Gasteiger partial charge in [0.25, 0.3) is 0 Å². The fourth-order valence-electron chi connectivity index (χ4n) is 6.09. The minimum absolute atomic E-state index is 0.0729. The molecule has 1 saturated carbocycles. The predicted octanol–water partition coefficient (Wildman–Crippen LogP) is 6.01. The summed E-state index contributed by atoms with van der Waals surface area (Å²) in [4.78, 5) is 16.1. The normalized spacial score (nSPS) is 37.9. The number of allylic oxidation sites excluding steroid dienone is 6. The van der Waals surface area contributed by atoms with Crippen LogP contribution < -0.4 is 0 Å². The zero-order valence-corrected chi connectivity index (χ0v) is 17.1. The fourth-order valence-corrected chi connectivity index (χ4v) is 6.09. The van der Waals surface area contributed by atoms with Crippen LogP contribution in [0.25, 0.3) is 5.57 Å². The third-order valence-electron chi connectivity index (χ3n) is 7.56. The van der Waals surface area contributed by atoms with Crippen molar-refractivity contribution in [3.63, 3.8) is 0 Å². The summed E-state index contributed by atoms with van der Waals surface area (Å²) in [5.41, 5.74) is 2.29. The summed E-state index contributed by atoms with van der Waals surface area (Å²) >= 11 is 0. The number of carbonyl (C=O) groups excluding carboxylic acids is 1. The highest BCUT2D eigenvalue weighted by molar-refractivity contribution is 5.99. The first kappa shape index (κ1) is 19.3. The Balaban J connectivity index is 1.67. The van der Waals surface area contributed by atoms with Gasteiger partial charge in [0, 0.05) is 6.20 Å². The Morgan fingerprint density at radius 1 is 1.14 bits per heavy atom. The fraction of sp³-hybridized carbons (Fsp3) is 0.520. The highest BCUT2D eigenvalue weighted by atomic mass is 19.1. The molecule has 0 aliphatic heterocycles. The van der Waals surface area contributed by atoms with Crippen LogP contribution in [-0.4, -0.2) is 10.8 Å². The molecule has 3 aliphatic carbocycles. The first-order valence-corrected chi connectivity index (χ1v) is 10.6.